The van der Waals surface area contributed by atoms with Gasteiger partial charge in [-0.3, -0.25) is 19.1 Å². The van der Waals surface area contributed by atoms with Crippen LogP contribution in [0.2, 0.25) is 0 Å². The Bertz CT molecular complexity index is 545. The molecule has 0 radical (unpaired) electrons. The van der Waals surface area contributed by atoms with Crippen LogP contribution >= 0.6 is 0 Å². The number of carbonyl (C=O) groups is 1. The van der Waals surface area contributed by atoms with E-state index in [1.807, 2.05) is 0 Å². The molecule has 6 N–H and O–H groups in total. The molecular formula is C9H15N5O3. The van der Waals surface area contributed by atoms with Gasteiger partial charge in [0.05, 0.1) is 0 Å². The van der Waals surface area contributed by atoms with E-state index >= 15 is 0 Å². The highest BCUT2D eigenvalue weighted by Crippen LogP contribution is 2.10. The molecule has 17 heavy (non-hydrogen) atoms. The van der Waals surface area contributed by atoms with Gasteiger partial charge in [0, 0.05) is 6.54 Å². The lowest BCUT2D eigenvalue weighted by Crippen LogP contribution is -2.38. The summed E-state index contributed by atoms with van der Waals surface area (Å²) in [6, 6.07) is -0.763. The first-order valence-electron chi connectivity index (χ1n) is 5.06. The maximum atomic E-state index is 11.5. The predicted molar refractivity (Wildman–Crippen MR) is 63.7 cm³/mol. The number of nitrogens with two attached hydrogens (primary N) is 2. The summed E-state index contributed by atoms with van der Waals surface area (Å²) in [4.78, 5) is 35.9. The Morgan fingerprint density at radius 3 is 2.59 bits per heavy atom. The fraction of sp³-hybridized carbons (Fsp3) is 0.444. The first-order valence-corrected chi connectivity index (χ1v) is 5.06. The van der Waals surface area contributed by atoms with Crippen molar-refractivity contribution < 1.29 is 4.79 Å². The maximum Gasteiger partial charge on any atom is 0.330 e. The zero-order valence-corrected chi connectivity index (χ0v) is 9.61. The molecule has 8 heteroatoms. The van der Waals surface area contributed by atoms with Gasteiger partial charge in [-0.1, -0.05) is 0 Å². The lowest BCUT2D eigenvalue weighted by molar-refractivity contribution is -0.118. The van der Waals surface area contributed by atoms with Crippen molar-refractivity contribution in [1.82, 2.24) is 9.55 Å². The largest absolute Gasteiger partial charge is 0.383 e. The van der Waals surface area contributed by atoms with Gasteiger partial charge >= 0.3 is 5.69 Å². The number of nitrogens with one attached hydrogen (secondary N) is 2. The summed E-state index contributed by atoms with van der Waals surface area (Å²) >= 11 is 0. The molecule has 0 spiro atoms. The molecule has 0 bridgehead atoms. The van der Waals surface area contributed by atoms with Crippen molar-refractivity contribution in [3.05, 3.63) is 20.8 Å². The Hall–Kier alpha value is -2.25. The molecule has 1 aromatic heterocycles. The highest BCUT2D eigenvalue weighted by atomic mass is 16.2. The molecule has 0 fully saturated rings. The van der Waals surface area contributed by atoms with Gasteiger partial charge in [0.15, 0.2) is 0 Å². The smallest absolute Gasteiger partial charge is 0.330 e. The second-order valence-electron chi connectivity index (χ2n) is 3.53. The van der Waals surface area contributed by atoms with Gasteiger partial charge in [0.1, 0.15) is 17.5 Å². The van der Waals surface area contributed by atoms with Crippen LogP contribution in [0.3, 0.4) is 0 Å². The van der Waals surface area contributed by atoms with Crippen LogP contribution in [0.25, 0.3) is 0 Å². The molecule has 1 amide bonds. The van der Waals surface area contributed by atoms with E-state index in [0.29, 0.717) is 6.54 Å². The number of nitrogen functional groups attached to an aromatic ring is 1. The second-order valence-corrected chi connectivity index (χ2v) is 3.53. The molecule has 0 aromatic carbocycles. The SMILES string of the molecule is CCn1c(N)c(NC(C)C(N)=O)c(=O)[nH]c1=O. The number of carbonyl (C=O) groups excluding carboxylic acids is 1. The van der Waals surface area contributed by atoms with Crippen molar-refractivity contribution in [2.24, 2.45) is 5.73 Å². The van der Waals surface area contributed by atoms with E-state index in [9.17, 15) is 14.4 Å². The fourth-order valence-electron chi connectivity index (χ4n) is 1.33. The number of primary amides is 1. The third-order valence-corrected chi connectivity index (χ3v) is 2.34. The summed E-state index contributed by atoms with van der Waals surface area (Å²) in [6.45, 7) is 3.50. The molecule has 1 heterocycles. The van der Waals surface area contributed by atoms with Crippen molar-refractivity contribution in [2.75, 3.05) is 11.1 Å². The fourth-order valence-corrected chi connectivity index (χ4v) is 1.33. The Labute approximate surface area is 96.6 Å². The maximum absolute atomic E-state index is 11.5. The average Bonchev–Trinajstić information content (AvgIpc) is 2.24. The molecule has 0 aliphatic heterocycles. The first kappa shape index (κ1) is 12.8. The van der Waals surface area contributed by atoms with E-state index in [0.717, 1.165) is 0 Å². The van der Waals surface area contributed by atoms with E-state index in [1.54, 1.807) is 6.92 Å². The Morgan fingerprint density at radius 2 is 2.12 bits per heavy atom. The molecule has 1 atom stereocenters. The second kappa shape index (κ2) is 4.73. The highest BCUT2D eigenvalue weighted by molar-refractivity contribution is 5.83. The number of hydrogen-bond acceptors (Lipinski definition) is 5. The normalized spacial score (nSPS) is 12.1. The summed E-state index contributed by atoms with van der Waals surface area (Å²) in [7, 11) is 0. The summed E-state index contributed by atoms with van der Waals surface area (Å²) in [5, 5.41) is 2.58. The number of aromatic nitrogens is 2. The Balaban J connectivity index is 3.30. The van der Waals surface area contributed by atoms with Crippen LogP contribution in [0.15, 0.2) is 9.59 Å². The van der Waals surface area contributed by atoms with Crippen LogP contribution in [-0.2, 0) is 11.3 Å². The first-order chi connectivity index (χ1) is 7.88. The molecule has 94 valence electrons. The molecule has 0 aliphatic carbocycles. The predicted octanol–water partition coefficient (Wildman–Crippen LogP) is -1.58. The van der Waals surface area contributed by atoms with Gasteiger partial charge in [0.25, 0.3) is 5.56 Å². The van der Waals surface area contributed by atoms with Gasteiger partial charge in [-0.25, -0.2) is 4.79 Å². The average molecular weight is 241 g/mol. The standard InChI is InChI=1S/C9H15N5O3/c1-3-14-6(10)5(8(16)13-9(14)17)12-4(2)7(11)15/h4,12H,3,10H2,1-2H3,(H2,11,15)(H,13,16,17). The van der Waals surface area contributed by atoms with Gasteiger partial charge < -0.3 is 16.8 Å². The van der Waals surface area contributed by atoms with E-state index in [1.165, 1.54) is 11.5 Å². The Morgan fingerprint density at radius 1 is 1.53 bits per heavy atom. The topological polar surface area (TPSA) is 136 Å². The van der Waals surface area contributed by atoms with Crippen LogP contribution in [0.1, 0.15) is 13.8 Å². The number of nitrogens with zero attached hydrogens (tertiary/aromatic N) is 1. The third kappa shape index (κ3) is 2.47. The van der Waals surface area contributed by atoms with E-state index in [2.05, 4.69) is 10.3 Å². The van der Waals surface area contributed by atoms with E-state index in [4.69, 9.17) is 11.5 Å². The Kier molecular flexibility index (Phi) is 3.56. The summed E-state index contributed by atoms with van der Waals surface area (Å²) in [5.74, 6) is -0.646. The lowest BCUT2D eigenvalue weighted by atomic mass is 10.3. The summed E-state index contributed by atoms with van der Waals surface area (Å²) in [6.07, 6.45) is 0. The zero-order valence-electron chi connectivity index (χ0n) is 9.61. The van der Waals surface area contributed by atoms with Crippen LogP contribution in [-0.4, -0.2) is 21.5 Å². The summed E-state index contributed by atoms with van der Waals surface area (Å²) in [5.41, 5.74) is 9.44. The quantitative estimate of drug-likeness (QED) is 0.504. The monoisotopic (exact) mass is 241 g/mol. The molecule has 0 saturated carbocycles. The van der Waals surface area contributed by atoms with Crippen molar-refractivity contribution in [3.8, 4) is 0 Å². The molecular weight excluding hydrogens is 226 g/mol. The van der Waals surface area contributed by atoms with Crippen LogP contribution in [0.4, 0.5) is 11.5 Å². The number of hydrogen-bond donors (Lipinski definition) is 4. The van der Waals surface area contributed by atoms with Crippen molar-refractivity contribution in [1.29, 1.82) is 0 Å². The molecule has 1 rings (SSSR count). The number of H-pyrrole nitrogens is 1. The molecule has 1 aromatic rings. The van der Waals surface area contributed by atoms with Crippen LogP contribution in [0, 0.1) is 0 Å². The minimum absolute atomic E-state index is 0.0191. The van der Waals surface area contributed by atoms with Gasteiger partial charge in [-0.05, 0) is 13.8 Å². The van der Waals surface area contributed by atoms with E-state index in [-0.39, 0.29) is 11.5 Å². The number of anilines is 2. The van der Waals surface area contributed by atoms with Gasteiger partial charge in [0.2, 0.25) is 5.91 Å². The number of amides is 1. The number of aromatic amines is 1. The minimum atomic E-state index is -0.763. The van der Waals surface area contributed by atoms with Gasteiger partial charge in [-0.2, -0.15) is 0 Å². The lowest BCUT2D eigenvalue weighted by Gasteiger charge is -2.15. The zero-order chi connectivity index (χ0) is 13.2. The van der Waals surface area contributed by atoms with E-state index < -0.39 is 23.2 Å². The molecule has 0 saturated heterocycles. The molecule has 8 nitrogen and oxygen atoms in total. The van der Waals surface area contributed by atoms with Crippen molar-refractivity contribution >= 4 is 17.4 Å². The summed E-state index contributed by atoms with van der Waals surface area (Å²) < 4.78 is 1.18. The van der Waals surface area contributed by atoms with Gasteiger partial charge in [-0.15, -0.1) is 0 Å². The highest BCUT2D eigenvalue weighted by Gasteiger charge is 2.15. The third-order valence-electron chi connectivity index (χ3n) is 2.34. The minimum Gasteiger partial charge on any atom is -0.383 e. The van der Waals surface area contributed by atoms with Crippen molar-refractivity contribution in [3.63, 3.8) is 0 Å². The van der Waals surface area contributed by atoms with Crippen LogP contribution in [0.5, 0.6) is 0 Å². The van der Waals surface area contributed by atoms with Crippen LogP contribution < -0.4 is 28.0 Å². The molecule has 0 aliphatic rings. The number of rotatable bonds is 4. The molecule has 1 unspecified atom stereocenters. The van der Waals surface area contributed by atoms with Crippen molar-refractivity contribution in [2.45, 2.75) is 26.4 Å².